The summed E-state index contributed by atoms with van der Waals surface area (Å²) in [5.41, 5.74) is 13.0. The minimum absolute atomic E-state index is 0.0985. The number of rotatable bonds is 4. The number of hydrogen-bond donors (Lipinski definition) is 0. The number of aryl methyl sites for hydroxylation is 2. The Morgan fingerprint density at radius 3 is 1.21 bits per heavy atom. The summed E-state index contributed by atoms with van der Waals surface area (Å²) in [4.78, 5) is 0. The molecule has 0 aromatic heterocycles. The van der Waals surface area contributed by atoms with Crippen molar-refractivity contribution >= 4 is 0 Å². The van der Waals surface area contributed by atoms with Gasteiger partial charge in [0.05, 0.1) is 0 Å². The first-order chi connectivity index (χ1) is 17.2. The molecule has 0 unspecified atom stereocenters. The second kappa shape index (κ2) is 10.7. The zero-order valence-corrected chi connectivity index (χ0v) is 29.4. The fourth-order valence-corrected chi connectivity index (χ4v) is 6.39. The fraction of sp³-hybridized carbons (Fsp3) is 0.692. The Bertz CT molecular complexity index is 1140. The molecule has 0 aliphatic carbocycles. The van der Waals surface area contributed by atoms with Crippen LogP contribution < -0.4 is 0 Å². The van der Waals surface area contributed by atoms with Crippen LogP contribution in [0.25, 0.3) is 0 Å². The summed E-state index contributed by atoms with van der Waals surface area (Å²) in [6.07, 6.45) is 3.41. The van der Waals surface area contributed by atoms with Crippen molar-refractivity contribution in [2.24, 2.45) is 0 Å². The quantitative estimate of drug-likeness (QED) is 0.367. The van der Waals surface area contributed by atoms with Gasteiger partial charge in [0.25, 0.3) is 0 Å². The molecule has 2 aromatic carbocycles. The van der Waals surface area contributed by atoms with Crippen molar-refractivity contribution < 1.29 is 0 Å². The van der Waals surface area contributed by atoms with Crippen LogP contribution in [0.2, 0.25) is 0 Å². The molecule has 0 atom stereocenters. The summed E-state index contributed by atoms with van der Waals surface area (Å²) in [7, 11) is 0. The Hall–Kier alpha value is -1.56. The molecule has 0 nitrogen and oxygen atoms in total. The maximum atomic E-state index is 2.55. The monoisotopic (exact) mass is 533 g/mol. The van der Waals surface area contributed by atoms with Gasteiger partial charge in [-0.25, -0.2) is 0 Å². The standard InChI is InChI=1S/C39H64/c1-34(2,3)28-24-27(31(37(10,11)12)30(25-28)36(7,8)9)21-19-20-26-22-23-29(35(4,5)6)33(39(16,17)18)32(26)38(13,14)15/h22-25H,19-21H2,1-18H3. The van der Waals surface area contributed by atoms with E-state index in [9.17, 15) is 0 Å². The first kappa shape index (κ1) is 33.6. The van der Waals surface area contributed by atoms with Crippen LogP contribution in [-0.2, 0) is 45.3 Å². The lowest BCUT2D eigenvalue weighted by molar-refractivity contribution is 0.493. The van der Waals surface area contributed by atoms with Crippen LogP contribution in [0.1, 0.15) is 176 Å². The van der Waals surface area contributed by atoms with Gasteiger partial charge < -0.3 is 0 Å². The average Bonchev–Trinajstić information content (AvgIpc) is 2.68. The Labute approximate surface area is 244 Å². The Morgan fingerprint density at radius 1 is 0.385 bits per heavy atom. The van der Waals surface area contributed by atoms with Crippen molar-refractivity contribution in [2.45, 2.75) is 176 Å². The Balaban J connectivity index is 2.68. The van der Waals surface area contributed by atoms with E-state index in [0.29, 0.717) is 0 Å². The van der Waals surface area contributed by atoms with E-state index in [0.717, 1.165) is 12.8 Å². The molecule has 0 aliphatic rings. The number of benzene rings is 2. The normalized spacial score (nSPS) is 14.2. The third kappa shape index (κ3) is 8.01. The summed E-state index contributed by atoms with van der Waals surface area (Å²) >= 11 is 0. The lowest BCUT2D eigenvalue weighted by Gasteiger charge is -2.38. The van der Waals surface area contributed by atoms with Gasteiger partial charge in [-0.2, -0.15) is 0 Å². The van der Waals surface area contributed by atoms with Gasteiger partial charge in [0.15, 0.2) is 0 Å². The maximum Gasteiger partial charge on any atom is -0.0126 e. The fourth-order valence-electron chi connectivity index (χ4n) is 6.39. The summed E-state index contributed by atoms with van der Waals surface area (Å²) in [5, 5.41) is 0. The van der Waals surface area contributed by atoms with Gasteiger partial charge >= 0.3 is 0 Å². The molecule has 0 heterocycles. The molecular formula is C39H64. The van der Waals surface area contributed by atoms with Crippen LogP contribution in [-0.4, -0.2) is 0 Å². The highest BCUT2D eigenvalue weighted by molar-refractivity contribution is 5.52. The summed E-state index contributed by atoms with van der Waals surface area (Å²) < 4.78 is 0. The first-order valence-electron chi connectivity index (χ1n) is 15.5. The highest BCUT2D eigenvalue weighted by atomic mass is 14.4. The van der Waals surface area contributed by atoms with Gasteiger partial charge in [0.1, 0.15) is 0 Å². The van der Waals surface area contributed by atoms with Crippen LogP contribution in [0.15, 0.2) is 24.3 Å². The zero-order chi connectivity index (χ0) is 30.6. The van der Waals surface area contributed by atoms with E-state index in [4.69, 9.17) is 0 Å². The van der Waals surface area contributed by atoms with Crippen molar-refractivity contribution in [3.05, 3.63) is 68.8 Å². The largest absolute Gasteiger partial charge is 0.0584 e. The van der Waals surface area contributed by atoms with E-state index in [1.807, 2.05) is 0 Å². The minimum Gasteiger partial charge on any atom is -0.0584 e. The maximum absolute atomic E-state index is 2.55. The first-order valence-corrected chi connectivity index (χ1v) is 15.5. The lowest BCUT2D eigenvalue weighted by Crippen LogP contribution is -2.29. The van der Waals surface area contributed by atoms with Crippen LogP contribution >= 0.6 is 0 Å². The van der Waals surface area contributed by atoms with Gasteiger partial charge in [-0.3, -0.25) is 0 Å². The Morgan fingerprint density at radius 2 is 0.821 bits per heavy atom. The van der Waals surface area contributed by atoms with Crippen molar-refractivity contribution in [3.8, 4) is 0 Å². The van der Waals surface area contributed by atoms with Crippen LogP contribution in [0.3, 0.4) is 0 Å². The highest BCUT2D eigenvalue weighted by Gasteiger charge is 2.34. The van der Waals surface area contributed by atoms with Gasteiger partial charge in [-0.1, -0.05) is 149 Å². The van der Waals surface area contributed by atoms with Crippen LogP contribution in [0.4, 0.5) is 0 Å². The molecule has 0 N–H and O–H groups in total. The molecule has 0 heteroatoms. The molecule has 0 saturated heterocycles. The minimum atomic E-state index is 0.0985. The molecule has 0 fully saturated rings. The summed E-state index contributed by atoms with van der Waals surface area (Å²) in [5.74, 6) is 0. The molecule has 2 rings (SSSR count). The van der Waals surface area contributed by atoms with Crippen molar-refractivity contribution in [2.75, 3.05) is 0 Å². The van der Waals surface area contributed by atoms with E-state index in [-0.39, 0.29) is 32.5 Å². The SMILES string of the molecule is CC(C)(C)c1cc(CCCc2ccc(C(C)(C)C)c(C(C)(C)C)c2C(C)(C)C)c(C(C)(C)C)c(C(C)(C)C)c1. The van der Waals surface area contributed by atoms with E-state index in [1.165, 1.54) is 23.1 Å². The molecule has 0 aliphatic heterocycles. The molecule has 39 heavy (non-hydrogen) atoms. The second-order valence-electron chi connectivity index (χ2n) is 18.4. The van der Waals surface area contributed by atoms with Crippen molar-refractivity contribution in [3.63, 3.8) is 0 Å². The predicted molar refractivity (Wildman–Crippen MR) is 177 cm³/mol. The highest BCUT2D eigenvalue weighted by Crippen LogP contribution is 2.44. The smallest absolute Gasteiger partial charge is 0.0126 e. The third-order valence-electron chi connectivity index (χ3n) is 8.14. The molecule has 220 valence electrons. The van der Waals surface area contributed by atoms with Crippen molar-refractivity contribution in [1.29, 1.82) is 0 Å². The Kier molecular flexibility index (Phi) is 9.22. The summed E-state index contributed by atoms with van der Waals surface area (Å²) in [6.45, 7) is 43.0. The molecular weight excluding hydrogens is 468 g/mol. The topological polar surface area (TPSA) is 0 Å². The zero-order valence-electron chi connectivity index (χ0n) is 29.4. The van der Waals surface area contributed by atoms with E-state index in [2.05, 4.69) is 149 Å². The summed E-state index contributed by atoms with van der Waals surface area (Å²) in [6, 6.07) is 9.98. The third-order valence-corrected chi connectivity index (χ3v) is 8.14. The van der Waals surface area contributed by atoms with E-state index in [1.54, 1.807) is 27.8 Å². The van der Waals surface area contributed by atoms with Gasteiger partial charge in [-0.15, -0.1) is 0 Å². The van der Waals surface area contributed by atoms with E-state index < -0.39 is 0 Å². The van der Waals surface area contributed by atoms with Crippen LogP contribution in [0, 0.1) is 0 Å². The molecule has 0 radical (unpaired) electrons. The van der Waals surface area contributed by atoms with Crippen LogP contribution in [0.5, 0.6) is 0 Å². The van der Waals surface area contributed by atoms with Gasteiger partial charge in [0.2, 0.25) is 0 Å². The lowest BCUT2D eigenvalue weighted by atomic mass is 9.67. The second-order valence-corrected chi connectivity index (χ2v) is 18.4. The molecule has 0 bridgehead atoms. The van der Waals surface area contributed by atoms with Gasteiger partial charge in [-0.05, 0) is 96.3 Å². The molecule has 0 saturated carbocycles. The van der Waals surface area contributed by atoms with E-state index >= 15 is 0 Å². The van der Waals surface area contributed by atoms with Crippen molar-refractivity contribution in [1.82, 2.24) is 0 Å². The number of hydrogen-bond acceptors (Lipinski definition) is 0. The predicted octanol–water partition coefficient (Wildman–Crippen LogP) is 11.6. The molecule has 0 spiro atoms. The molecule has 2 aromatic rings. The van der Waals surface area contributed by atoms with Gasteiger partial charge in [0, 0.05) is 0 Å². The average molecular weight is 533 g/mol. The molecule has 0 amide bonds.